The van der Waals surface area contributed by atoms with Crippen molar-refractivity contribution in [2.45, 2.75) is 6.04 Å². The van der Waals surface area contributed by atoms with Gasteiger partial charge in [-0.1, -0.05) is 24.3 Å². The first kappa shape index (κ1) is 5.24. The molecule has 1 aromatic rings. The van der Waals surface area contributed by atoms with Crippen LogP contribution in [0, 0.1) is 0 Å². The lowest BCUT2D eigenvalue weighted by atomic mass is 10.0. The first-order chi connectivity index (χ1) is 5.45. The van der Waals surface area contributed by atoms with Crippen molar-refractivity contribution in [1.82, 2.24) is 0 Å². The van der Waals surface area contributed by atoms with E-state index in [1.54, 1.807) is 0 Å². The number of aliphatic imine (C=N–C) groups is 2. The van der Waals surface area contributed by atoms with Gasteiger partial charge in [0.15, 0.2) is 5.84 Å². The number of fused-ring (bicyclic) bond motifs is 3. The van der Waals surface area contributed by atoms with Crippen molar-refractivity contribution in [3.05, 3.63) is 35.4 Å². The lowest BCUT2D eigenvalue weighted by molar-refractivity contribution is 1.11. The van der Waals surface area contributed by atoms with Crippen molar-refractivity contribution in [2.75, 3.05) is 0 Å². The minimum atomic E-state index is 0.302. The average molecular weight is 142 g/mol. The SMILES string of the molecule is C1=NC2=N[C@@H]2c2ccccc21. The van der Waals surface area contributed by atoms with Gasteiger partial charge in [-0.05, 0) is 11.1 Å². The van der Waals surface area contributed by atoms with E-state index in [-0.39, 0.29) is 0 Å². The van der Waals surface area contributed by atoms with Gasteiger partial charge in [-0.3, -0.25) is 4.99 Å². The van der Waals surface area contributed by atoms with E-state index in [0.717, 1.165) is 5.84 Å². The minimum absolute atomic E-state index is 0.302. The molecule has 0 unspecified atom stereocenters. The monoisotopic (exact) mass is 142 g/mol. The van der Waals surface area contributed by atoms with Crippen molar-refractivity contribution < 1.29 is 0 Å². The molecule has 0 amide bonds. The van der Waals surface area contributed by atoms with Crippen LogP contribution in [0.15, 0.2) is 34.3 Å². The molecule has 52 valence electrons. The van der Waals surface area contributed by atoms with E-state index in [9.17, 15) is 0 Å². The zero-order valence-electron chi connectivity index (χ0n) is 5.86. The van der Waals surface area contributed by atoms with Crippen LogP contribution in [0.5, 0.6) is 0 Å². The van der Waals surface area contributed by atoms with Crippen LogP contribution < -0.4 is 0 Å². The molecule has 2 aliphatic heterocycles. The third kappa shape index (κ3) is 0.611. The van der Waals surface area contributed by atoms with Crippen molar-refractivity contribution in [1.29, 1.82) is 0 Å². The Kier molecular flexibility index (Phi) is 0.756. The van der Waals surface area contributed by atoms with Crippen LogP contribution in [-0.4, -0.2) is 12.1 Å². The maximum Gasteiger partial charge on any atom is 0.153 e. The van der Waals surface area contributed by atoms with Gasteiger partial charge in [0.2, 0.25) is 0 Å². The summed E-state index contributed by atoms with van der Waals surface area (Å²) < 4.78 is 0. The summed E-state index contributed by atoms with van der Waals surface area (Å²) in [6, 6.07) is 8.56. The number of hydrogen-bond donors (Lipinski definition) is 0. The molecular formula is C9H6N2. The lowest BCUT2D eigenvalue weighted by Crippen LogP contribution is -2.00. The fraction of sp³-hybridized carbons (Fsp3) is 0.111. The first-order valence-electron chi connectivity index (χ1n) is 3.66. The van der Waals surface area contributed by atoms with E-state index >= 15 is 0 Å². The second kappa shape index (κ2) is 1.59. The molecule has 0 saturated heterocycles. The summed E-state index contributed by atoms with van der Waals surface area (Å²) in [6.45, 7) is 0. The van der Waals surface area contributed by atoms with Crippen LogP contribution in [-0.2, 0) is 0 Å². The molecule has 2 aliphatic rings. The Morgan fingerprint density at radius 1 is 1.18 bits per heavy atom. The number of rotatable bonds is 0. The molecule has 0 bridgehead atoms. The molecule has 2 heteroatoms. The van der Waals surface area contributed by atoms with Crippen LogP contribution in [0.1, 0.15) is 17.2 Å². The van der Waals surface area contributed by atoms with Crippen LogP contribution in [0.4, 0.5) is 0 Å². The van der Waals surface area contributed by atoms with Gasteiger partial charge in [-0.25, -0.2) is 4.99 Å². The van der Waals surface area contributed by atoms with Gasteiger partial charge in [-0.2, -0.15) is 0 Å². The third-order valence-corrected chi connectivity index (χ3v) is 2.06. The molecule has 0 aliphatic carbocycles. The van der Waals surface area contributed by atoms with Gasteiger partial charge in [0, 0.05) is 6.21 Å². The average Bonchev–Trinajstić information content (AvgIpc) is 2.83. The Labute approximate surface area is 64.3 Å². The first-order valence-corrected chi connectivity index (χ1v) is 3.66. The van der Waals surface area contributed by atoms with Crippen LogP contribution in [0.2, 0.25) is 0 Å². The quantitative estimate of drug-likeness (QED) is 0.525. The van der Waals surface area contributed by atoms with E-state index in [0.29, 0.717) is 6.04 Å². The normalized spacial score (nSPS) is 23.6. The molecule has 0 fully saturated rings. The predicted octanol–water partition coefficient (Wildman–Crippen LogP) is 1.57. The molecule has 11 heavy (non-hydrogen) atoms. The number of benzene rings is 1. The summed E-state index contributed by atoms with van der Waals surface area (Å²) in [5, 5.41) is 0. The van der Waals surface area contributed by atoms with E-state index in [1.165, 1.54) is 11.1 Å². The summed E-state index contributed by atoms with van der Waals surface area (Å²) in [5.74, 6) is 0.990. The number of hydrogen-bond acceptors (Lipinski definition) is 2. The minimum Gasteiger partial charge on any atom is -0.252 e. The van der Waals surface area contributed by atoms with E-state index < -0.39 is 0 Å². The van der Waals surface area contributed by atoms with Gasteiger partial charge in [0.1, 0.15) is 6.04 Å². The van der Waals surface area contributed by atoms with Crippen LogP contribution in [0.3, 0.4) is 0 Å². The van der Waals surface area contributed by atoms with Gasteiger partial charge >= 0.3 is 0 Å². The van der Waals surface area contributed by atoms with Crippen molar-refractivity contribution >= 4 is 12.1 Å². The summed E-state index contributed by atoms with van der Waals surface area (Å²) in [4.78, 5) is 8.38. The van der Waals surface area contributed by atoms with Gasteiger partial charge in [0.25, 0.3) is 0 Å². The van der Waals surface area contributed by atoms with Crippen molar-refractivity contribution in [3.63, 3.8) is 0 Å². The molecule has 1 atom stereocenters. The summed E-state index contributed by atoms with van der Waals surface area (Å²) in [7, 11) is 0. The topological polar surface area (TPSA) is 24.7 Å². The molecule has 0 spiro atoms. The number of nitrogens with zero attached hydrogens (tertiary/aromatic N) is 2. The molecule has 1 aromatic carbocycles. The molecule has 0 saturated carbocycles. The Hall–Kier alpha value is -1.44. The second-order valence-electron chi connectivity index (χ2n) is 2.78. The fourth-order valence-corrected chi connectivity index (χ4v) is 1.42. The van der Waals surface area contributed by atoms with E-state index in [1.807, 2.05) is 18.3 Å². The molecule has 0 aromatic heterocycles. The maximum atomic E-state index is 4.21. The largest absolute Gasteiger partial charge is 0.252 e. The lowest BCUT2D eigenvalue weighted by Gasteiger charge is -2.04. The highest BCUT2D eigenvalue weighted by Crippen LogP contribution is 2.35. The Balaban J connectivity index is 2.26. The smallest absolute Gasteiger partial charge is 0.153 e. The fourth-order valence-electron chi connectivity index (χ4n) is 1.42. The molecule has 0 N–H and O–H groups in total. The predicted molar refractivity (Wildman–Crippen MR) is 44.2 cm³/mol. The van der Waals surface area contributed by atoms with Gasteiger partial charge in [-0.15, -0.1) is 0 Å². The van der Waals surface area contributed by atoms with Gasteiger partial charge < -0.3 is 0 Å². The standard InChI is InChI=1S/C9H6N2/c1-2-4-7-6(3-1)5-10-9-8(7)11-9/h1-5,8H/t8-/m1/s1. The molecule has 3 rings (SSSR count). The van der Waals surface area contributed by atoms with E-state index in [4.69, 9.17) is 0 Å². The molecular weight excluding hydrogens is 136 g/mol. The van der Waals surface area contributed by atoms with Crippen molar-refractivity contribution in [2.24, 2.45) is 9.98 Å². The second-order valence-corrected chi connectivity index (χ2v) is 2.78. The highest BCUT2D eigenvalue weighted by atomic mass is 15.1. The summed E-state index contributed by atoms with van der Waals surface area (Å²) >= 11 is 0. The summed E-state index contributed by atoms with van der Waals surface area (Å²) in [5.41, 5.74) is 2.51. The highest BCUT2D eigenvalue weighted by Gasteiger charge is 2.32. The molecule has 2 nitrogen and oxygen atoms in total. The Bertz CT molecular complexity index is 377. The molecule has 2 heterocycles. The Morgan fingerprint density at radius 2 is 2.09 bits per heavy atom. The van der Waals surface area contributed by atoms with Crippen LogP contribution in [0.25, 0.3) is 0 Å². The molecule has 0 radical (unpaired) electrons. The zero-order chi connectivity index (χ0) is 7.26. The van der Waals surface area contributed by atoms with E-state index in [2.05, 4.69) is 22.1 Å². The van der Waals surface area contributed by atoms with Crippen LogP contribution >= 0.6 is 0 Å². The van der Waals surface area contributed by atoms with Gasteiger partial charge in [0.05, 0.1) is 0 Å². The number of amidine groups is 1. The maximum absolute atomic E-state index is 4.21. The Morgan fingerprint density at radius 3 is 3.09 bits per heavy atom. The summed E-state index contributed by atoms with van der Waals surface area (Å²) in [6.07, 6.45) is 1.89. The third-order valence-electron chi connectivity index (χ3n) is 2.06. The van der Waals surface area contributed by atoms with Crippen molar-refractivity contribution in [3.8, 4) is 0 Å². The highest BCUT2D eigenvalue weighted by molar-refractivity contribution is 6.10. The zero-order valence-corrected chi connectivity index (χ0v) is 5.86.